The molecule has 96 valence electrons. The lowest BCUT2D eigenvalue weighted by molar-refractivity contribution is 0.294. The van der Waals surface area contributed by atoms with Crippen LogP contribution in [0.5, 0.6) is 0 Å². The molecule has 1 aromatic rings. The predicted molar refractivity (Wildman–Crippen MR) is 75.1 cm³/mol. The first kappa shape index (κ1) is 14.0. The quantitative estimate of drug-likeness (QED) is 0.765. The third-order valence-electron chi connectivity index (χ3n) is 3.07. The van der Waals surface area contributed by atoms with Crippen molar-refractivity contribution >= 4 is 5.69 Å². The third-order valence-corrected chi connectivity index (χ3v) is 3.07. The van der Waals surface area contributed by atoms with Crippen LogP contribution in [0.4, 0.5) is 5.69 Å². The Labute approximate surface area is 105 Å². The van der Waals surface area contributed by atoms with Gasteiger partial charge >= 0.3 is 0 Å². The van der Waals surface area contributed by atoms with Gasteiger partial charge in [0.05, 0.1) is 0 Å². The van der Waals surface area contributed by atoms with Gasteiger partial charge in [-0.15, -0.1) is 0 Å². The summed E-state index contributed by atoms with van der Waals surface area (Å²) in [5, 5.41) is 0. The summed E-state index contributed by atoms with van der Waals surface area (Å²) in [5.41, 5.74) is 9.35. The number of hydrogen-bond acceptors (Lipinski definition) is 3. The van der Waals surface area contributed by atoms with Crippen molar-refractivity contribution in [2.24, 2.45) is 0 Å². The molecule has 0 fully saturated rings. The zero-order valence-electron chi connectivity index (χ0n) is 11.5. The largest absolute Gasteiger partial charge is 0.399 e. The van der Waals surface area contributed by atoms with Crippen molar-refractivity contribution in [2.75, 3.05) is 40.0 Å². The summed E-state index contributed by atoms with van der Waals surface area (Å²) in [7, 11) is 6.39. The predicted octanol–water partition coefficient (Wildman–Crippen LogP) is 1.96. The van der Waals surface area contributed by atoms with Crippen molar-refractivity contribution in [1.82, 2.24) is 9.80 Å². The summed E-state index contributed by atoms with van der Waals surface area (Å²) >= 11 is 0. The normalized spacial score (nSPS) is 11.4. The minimum atomic E-state index is 0.893. The zero-order valence-corrected chi connectivity index (χ0v) is 11.5. The van der Waals surface area contributed by atoms with Crippen LogP contribution >= 0.6 is 0 Å². The molecule has 0 aromatic heterocycles. The number of benzene rings is 1. The minimum absolute atomic E-state index is 0.893. The molecule has 0 unspecified atom stereocenters. The number of rotatable bonds is 6. The lowest BCUT2D eigenvalue weighted by Gasteiger charge is -2.19. The van der Waals surface area contributed by atoms with Gasteiger partial charge in [0.2, 0.25) is 0 Å². The van der Waals surface area contributed by atoms with Crippen LogP contribution in [0.15, 0.2) is 18.2 Å². The van der Waals surface area contributed by atoms with E-state index in [1.54, 1.807) is 0 Å². The number of nitrogen functional groups attached to an aromatic ring is 1. The molecule has 0 atom stereocenters. The van der Waals surface area contributed by atoms with Gasteiger partial charge < -0.3 is 15.5 Å². The summed E-state index contributed by atoms with van der Waals surface area (Å²) in [6, 6.07) is 6.16. The Balaban J connectivity index is 2.45. The zero-order chi connectivity index (χ0) is 12.8. The molecule has 1 aromatic carbocycles. The summed E-state index contributed by atoms with van der Waals surface area (Å²) in [5.74, 6) is 0. The molecule has 0 aliphatic rings. The van der Waals surface area contributed by atoms with E-state index in [4.69, 9.17) is 5.73 Å². The Bertz CT molecular complexity index is 347. The van der Waals surface area contributed by atoms with Gasteiger partial charge in [-0.2, -0.15) is 0 Å². The highest BCUT2D eigenvalue weighted by Crippen LogP contribution is 2.16. The molecule has 0 radical (unpaired) electrons. The fraction of sp³-hybridized carbons (Fsp3) is 0.571. The van der Waals surface area contributed by atoms with Crippen LogP contribution in [0.2, 0.25) is 0 Å². The first-order valence-corrected chi connectivity index (χ1v) is 6.18. The van der Waals surface area contributed by atoms with Crippen LogP contribution in [0.1, 0.15) is 17.5 Å². The van der Waals surface area contributed by atoms with Crippen molar-refractivity contribution in [3.05, 3.63) is 29.3 Å². The van der Waals surface area contributed by atoms with Gasteiger partial charge in [-0.3, -0.25) is 0 Å². The van der Waals surface area contributed by atoms with Crippen molar-refractivity contribution < 1.29 is 0 Å². The molecule has 0 aliphatic carbocycles. The van der Waals surface area contributed by atoms with Gasteiger partial charge in [-0.25, -0.2) is 0 Å². The molecule has 2 N–H and O–H groups in total. The van der Waals surface area contributed by atoms with E-state index in [9.17, 15) is 0 Å². The van der Waals surface area contributed by atoms with Gasteiger partial charge in [-0.05, 0) is 64.8 Å². The van der Waals surface area contributed by atoms with Crippen LogP contribution in [0, 0.1) is 6.92 Å². The highest BCUT2D eigenvalue weighted by molar-refractivity contribution is 5.49. The molecule has 0 saturated heterocycles. The first-order chi connectivity index (χ1) is 8.00. The van der Waals surface area contributed by atoms with E-state index in [2.05, 4.69) is 43.9 Å². The van der Waals surface area contributed by atoms with Gasteiger partial charge in [-0.1, -0.05) is 12.1 Å². The molecule has 1 rings (SSSR count). The van der Waals surface area contributed by atoms with E-state index >= 15 is 0 Å². The fourth-order valence-electron chi connectivity index (χ4n) is 1.90. The second-order valence-electron chi connectivity index (χ2n) is 5.03. The van der Waals surface area contributed by atoms with Crippen molar-refractivity contribution in [2.45, 2.75) is 19.9 Å². The van der Waals surface area contributed by atoms with E-state index in [0.717, 1.165) is 25.3 Å². The van der Waals surface area contributed by atoms with Crippen LogP contribution < -0.4 is 5.73 Å². The van der Waals surface area contributed by atoms with Gasteiger partial charge in [0.1, 0.15) is 0 Å². The molecule has 17 heavy (non-hydrogen) atoms. The van der Waals surface area contributed by atoms with Crippen molar-refractivity contribution in [1.29, 1.82) is 0 Å². The average molecular weight is 235 g/mol. The number of nitrogens with two attached hydrogens (primary N) is 1. The standard InChI is InChI=1S/C14H25N3/c1-12-13(7-5-8-14(12)15)11-17(4)10-6-9-16(2)3/h5,7-8H,6,9-11,15H2,1-4H3. The lowest BCUT2D eigenvalue weighted by atomic mass is 10.1. The first-order valence-electron chi connectivity index (χ1n) is 6.18. The number of nitrogens with zero attached hydrogens (tertiary/aromatic N) is 2. The molecular formula is C14H25N3. The Morgan fingerprint density at radius 1 is 1.12 bits per heavy atom. The summed E-state index contributed by atoms with van der Waals surface area (Å²) in [6.07, 6.45) is 1.20. The van der Waals surface area contributed by atoms with Crippen LogP contribution in [-0.4, -0.2) is 44.0 Å². The second-order valence-corrected chi connectivity index (χ2v) is 5.03. The third kappa shape index (κ3) is 4.75. The van der Waals surface area contributed by atoms with Gasteiger partial charge in [0, 0.05) is 12.2 Å². The summed E-state index contributed by atoms with van der Waals surface area (Å²) in [6.45, 7) is 5.33. The molecule has 0 spiro atoms. The average Bonchev–Trinajstić information content (AvgIpc) is 2.24. The van der Waals surface area contributed by atoms with E-state index in [1.165, 1.54) is 17.5 Å². The highest BCUT2D eigenvalue weighted by Gasteiger charge is 2.05. The molecule has 0 amide bonds. The molecule has 3 heteroatoms. The topological polar surface area (TPSA) is 32.5 Å². The summed E-state index contributed by atoms with van der Waals surface area (Å²) < 4.78 is 0. The monoisotopic (exact) mass is 235 g/mol. The maximum absolute atomic E-state index is 5.91. The van der Waals surface area contributed by atoms with Crippen molar-refractivity contribution in [3.8, 4) is 0 Å². The van der Waals surface area contributed by atoms with Gasteiger partial charge in [0.25, 0.3) is 0 Å². The van der Waals surface area contributed by atoms with Gasteiger partial charge in [0.15, 0.2) is 0 Å². The van der Waals surface area contributed by atoms with E-state index in [1.807, 2.05) is 12.1 Å². The molecule has 0 bridgehead atoms. The SMILES string of the molecule is Cc1c(N)cccc1CN(C)CCCN(C)C. The maximum Gasteiger partial charge on any atom is 0.0346 e. The van der Waals surface area contributed by atoms with E-state index in [-0.39, 0.29) is 0 Å². The molecule has 0 heterocycles. The minimum Gasteiger partial charge on any atom is -0.399 e. The van der Waals surface area contributed by atoms with Crippen molar-refractivity contribution in [3.63, 3.8) is 0 Å². The number of anilines is 1. The Morgan fingerprint density at radius 2 is 1.82 bits per heavy atom. The number of hydrogen-bond donors (Lipinski definition) is 1. The molecular weight excluding hydrogens is 210 g/mol. The second kappa shape index (κ2) is 6.62. The maximum atomic E-state index is 5.91. The smallest absolute Gasteiger partial charge is 0.0346 e. The molecule has 0 aliphatic heterocycles. The van der Waals surface area contributed by atoms with Crippen LogP contribution in [0.25, 0.3) is 0 Å². The lowest BCUT2D eigenvalue weighted by Crippen LogP contribution is -2.23. The molecule has 3 nitrogen and oxygen atoms in total. The van der Waals surface area contributed by atoms with Crippen LogP contribution in [-0.2, 0) is 6.54 Å². The summed E-state index contributed by atoms with van der Waals surface area (Å²) in [4.78, 5) is 4.57. The Kier molecular flexibility index (Phi) is 5.45. The van der Waals surface area contributed by atoms with E-state index in [0.29, 0.717) is 0 Å². The van der Waals surface area contributed by atoms with Crippen LogP contribution in [0.3, 0.4) is 0 Å². The molecule has 0 saturated carbocycles. The van der Waals surface area contributed by atoms with E-state index < -0.39 is 0 Å². The fourth-order valence-corrected chi connectivity index (χ4v) is 1.90. The Morgan fingerprint density at radius 3 is 2.47 bits per heavy atom. The highest BCUT2D eigenvalue weighted by atomic mass is 15.1. The Hall–Kier alpha value is -1.06.